The van der Waals surface area contributed by atoms with Crippen molar-refractivity contribution in [2.75, 3.05) is 82.8 Å². The summed E-state index contributed by atoms with van der Waals surface area (Å²) < 4.78 is 12.2. The van der Waals surface area contributed by atoms with Crippen molar-refractivity contribution in [3.63, 3.8) is 0 Å². The molecule has 0 unspecified atom stereocenters. The van der Waals surface area contributed by atoms with Crippen LogP contribution in [0.25, 0.3) is 0 Å². The molecule has 0 aliphatic carbocycles. The molecular formula is C39H54N6O7. The summed E-state index contributed by atoms with van der Waals surface area (Å²) in [6, 6.07) is 12.1. The molecule has 13 heteroatoms. The van der Waals surface area contributed by atoms with Crippen molar-refractivity contribution in [1.82, 2.24) is 19.6 Å². The third-order valence-electron chi connectivity index (χ3n) is 12.0. The zero-order valence-electron chi connectivity index (χ0n) is 30.6. The molecule has 3 saturated heterocycles. The summed E-state index contributed by atoms with van der Waals surface area (Å²) in [5.74, 6) is 0.587. The fourth-order valence-corrected chi connectivity index (χ4v) is 8.75. The smallest absolute Gasteiger partial charge is 0.410 e. The molecule has 0 aromatic heterocycles. The third kappa shape index (κ3) is 7.81. The predicted molar refractivity (Wildman–Crippen MR) is 197 cm³/mol. The van der Waals surface area contributed by atoms with Crippen LogP contribution in [0, 0.1) is 6.92 Å². The number of urea groups is 1. The first-order valence-electron chi connectivity index (χ1n) is 19.1. The van der Waals surface area contributed by atoms with Crippen LogP contribution in [0.1, 0.15) is 55.2 Å². The van der Waals surface area contributed by atoms with Gasteiger partial charge in [-0.05, 0) is 80.7 Å². The quantitative estimate of drug-likeness (QED) is 0.394. The number of aryl methyl sites for hydroxylation is 1. The van der Waals surface area contributed by atoms with Crippen molar-refractivity contribution in [3.05, 3.63) is 53.1 Å². The molecule has 282 valence electrons. The molecule has 3 N–H and O–H groups in total. The van der Waals surface area contributed by atoms with Gasteiger partial charge in [-0.3, -0.25) is 4.79 Å². The molecule has 0 spiro atoms. The number of rotatable bonds is 7. The Balaban J connectivity index is 1.00. The number of hydrogen-bond acceptors (Lipinski definition) is 9. The van der Waals surface area contributed by atoms with E-state index in [9.17, 15) is 24.6 Å². The van der Waals surface area contributed by atoms with Crippen molar-refractivity contribution >= 4 is 29.4 Å². The number of nitrogens with zero attached hydrogens (tertiary/aromatic N) is 5. The van der Waals surface area contributed by atoms with Gasteiger partial charge in [0.05, 0.1) is 24.4 Å². The Morgan fingerprint density at radius 2 is 1.65 bits per heavy atom. The Hall–Kier alpha value is -4.07. The number of ether oxygens (including phenoxy) is 2. The predicted octanol–water partition coefficient (Wildman–Crippen LogP) is 3.24. The van der Waals surface area contributed by atoms with Gasteiger partial charge in [-0.2, -0.15) is 0 Å². The van der Waals surface area contributed by atoms with Gasteiger partial charge in [0, 0.05) is 77.1 Å². The topological polar surface area (TPSA) is 138 Å². The number of hydrogen-bond donors (Lipinski definition) is 3. The number of aliphatic hydroxyl groups excluding tert-OH is 1. The molecule has 5 heterocycles. The van der Waals surface area contributed by atoms with Gasteiger partial charge in [0.15, 0.2) is 6.10 Å². The van der Waals surface area contributed by atoms with Crippen LogP contribution in [0.15, 0.2) is 36.4 Å². The van der Waals surface area contributed by atoms with E-state index in [4.69, 9.17) is 9.47 Å². The van der Waals surface area contributed by atoms with E-state index in [1.165, 1.54) is 0 Å². The van der Waals surface area contributed by atoms with Gasteiger partial charge in [0.1, 0.15) is 12.4 Å². The molecule has 0 saturated carbocycles. The highest BCUT2D eigenvalue weighted by atomic mass is 16.6. The fourth-order valence-electron chi connectivity index (χ4n) is 8.75. The van der Waals surface area contributed by atoms with Crippen LogP contribution in [0.2, 0.25) is 0 Å². The Kier molecular flexibility index (Phi) is 10.8. The van der Waals surface area contributed by atoms with E-state index in [0.29, 0.717) is 71.1 Å². The SMILES string of the molecule is Cc1cc(C[C@@H](OC(=O)N2CCC(N3CCc4ccccc4NC3=O)CC2)C(=O)N2CCC(N3CCC(O)(CO)CC3)CC2)cc2c1N(C)CCO2. The lowest BCUT2D eigenvalue weighted by atomic mass is 9.90. The van der Waals surface area contributed by atoms with Gasteiger partial charge >= 0.3 is 12.1 Å². The summed E-state index contributed by atoms with van der Waals surface area (Å²) in [6.45, 7) is 7.25. The maximum absolute atomic E-state index is 14.2. The van der Waals surface area contributed by atoms with E-state index in [-0.39, 0.29) is 31.0 Å². The molecular weight excluding hydrogens is 664 g/mol. The van der Waals surface area contributed by atoms with Gasteiger partial charge in [0.25, 0.3) is 5.91 Å². The van der Waals surface area contributed by atoms with Gasteiger partial charge in [-0.25, -0.2) is 9.59 Å². The number of benzene rings is 2. The van der Waals surface area contributed by atoms with E-state index in [2.05, 4.69) is 21.2 Å². The second-order valence-corrected chi connectivity index (χ2v) is 15.3. The molecule has 5 aliphatic heterocycles. The molecule has 2 aromatic rings. The average molecular weight is 719 g/mol. The second-order valence-electron chi connectivity index (χ2n) is 15.3. The minimum absolute atomic E-state index is 0.00558. The molecule has 13 nitrogen and oxygen atoms in total. The first-order valence-corrected chi connectivity index (χ1v) is 19.1. The average Bonchev–Trinajstić information content (AvgIpc) is 3.32. The number of para-hydroxylation sites is 1. The number of fused-ring (bicyclic) bond motifs is 2. The maximum Gasteiger partial charge on any atom is 0.410 e. The number of likely N-dealkylation sites (tertiary alicyclic amines) is 3. The Morgan fingerprint density at radius 3 is 2.38 bits per heavy atom. The van der Waals surface area contributed by atoms with Crippen LogP contribution in [-0.4, -0.2) is 144 Å². The van der Waals surface area contributed by atoms with E-state index in [1.807, 2.05) is 54.1 Å². The third-order valence-corrected chi connectivity index (χ3v) is 12.0. The Morgan fingerprint density at radius 1 is 0.962 bits per heavy atom. The van der Waals surface area contributed by atoms with Crippen LogP contribution < -0.4 is 15.0 Å². The zero-order valence-corrected chi connectivity index (χ0v) is 30.6. The van der Waals surface area contributed by atoms with Crippen LogP contribution >= 0.6 is 0 Å². The molecule has 0 bridgehead atoms. The molecule has 7 rings (SSSR count). The molecule has 3 fully saturated rings. The van der Waals surface area contributed by atoms with E-state index < -0.39 is 17.8 Å². The highest BCUT2D eigenvalue weighted by molar-refractivity contribution is 5.91. The summed E-state index contributed by atoms with van der Waals surface area (Å²) in [5, 5.41) is 23.1. The second kappa shape index (κ2) is 15.5. The monoisotopic (exact) mass is 718 g/mol. The Bertz CT molecular complexity index is 1610. The molecule has 4 amide bonds. The van der Waals surface area contributed by atoms with Crippen molar-refractivity contribution in [3.8, 4) is 5.75 Å². The summed E-state index contributed by atoms with van der Waals surface area (Å²) >= 11 is 0. The minimum Gasteiger partial charge on any atom is -0.490 e. The van der Waals surface area contributed by atoms with E-state index in [0.717, 1.165) is 72.7 Å². The van der Waals surface area contributed by atoms with Gasteiger partial charge in [-0.1, -0.05) is 24.3 Å². The molecule has 52 heavy (non-hydrogen) atoms. The van der Waals surface area contributed by atoms with Crippen LogP contribution in [0.5, 0.6) is 5.75 Å². The van der Waals surface area contributed by atoms with Gasteiger partial charge in [0.2, 0.25) is 0 Å². The normalized spacial score (nSPS) is 22.1. The van der Waals surface area contributed by atoms with Crippen molar-refractivity contribution in [2.45, 2.75) is 82.1 Å². The first-order chi connectivity index (χ1) is 25.1. The standard InChI is InChI=1S/C39H54N6O7/c1-27-23-28(24-33-35(27)41(2)21-22-51-33)25-34(36(47)43-14-8-30(9-15-43)42-19-12-39(50,26-46)13-20-42)52-38(49)44-16-10-31(11-17-44)45-18-7-29-5-3-4-6-32(29)40-37(45)48/h3-6,23-24,30-31,34,46,50H,7-22,25-26H2,1-2H3,(H,40,48)/t34-/m1/s1. The molecule has 5 aliphatic rings. The fraction of sp³-hybridized carbons (Fsp3) is 0.615. The number of amides is 4. The largest absolute Gasteiger partial charge is 0.490 e. The van der Waals surface area contributed by atoms with E-state index >= 15 is 0 Å². The van der Waals surface area contributed by atoms with Gasteiger partial charge < -0.3 is 49.5 Å². The van der Waals surface area contributed by atoms with Crippen molar-refractivity contribution in [2.24, 2.45) is 0 Å². The number of carbonyl (C=O) groups is 3. The summed E-state index contributed by atoms with van der Waals surface area (Å²) in [4.78, 5) is 51.1. The summed E-state index contributed by atoms with van der Waals surface area (Å²) in [5.41, 5.74) is 3.94. The number of piperidine rings is 3. The maximum atomic E-state index is 14.2. The summed E-state index contributed by atoms with van der Waals surface area (Å²) in [7, 11) is 2.05. The molecule has 2 aromatic carbocycles. The lowest BCUT2D eigenvalue weighted by molar-refractivity contribution is -0.143. The lowest BCUT2D eigenvalue weighted by Crippen LogP contribution is -2.54. The van der Waals surface area contributed by atoms with Crippen LogP contribution in [-0.2, 0) is 22.4 Å². The summed E-state index contributed by atoms with van der Waals surface area (Å²) in [6.07, 6.45) is 3.44. The van der Waals surface area contributed by atoms with Crippen molar-refractivity contribution < 1.29 is 34.1 Å². The number of anilines is 2. The molecule has 0 radical (unpaired) electrons. The first kappa shape index (κ1) is 36.3. The van der Waals surface area contributed by atoms with Gasteiger partial charge in [-0.15, -0.1) is 0 Å². The highest BCUT2D eigenvalue weighted by Gasteiger charge is 2.38. The minimum atomic E-state index is -0.997. The van der Waals surface area contributed by atoms with Crippen LogP contribution in [0.4, 0.5) is 21.0 Å². The number of likely N-dealkylation sites (N-methyl/N-ethyl adjacent to an activating group) is 1. The van der Waals surface area contributed by atoms with Crippen molar-refractivity contribution in [1.29, 1.82) is 0 Å². The number of nitrogens with one attached hydrogen (secondary N) is 1. The number of aliphatic hydroxyl groups is 2. The zero-order chi connectivity index (χ0) is 36.4. The van der Waals surface area contributed by atoms with E-state index in [1.54, 1.807) is 4.90 Å². The highest BCUT2D eigenvalue weighted by Crippen LogP contribution is 2.36. The Labute approximate surface area is 306 Å². The molecule has 1 atom stereocenters. The number of carbonyl (C=O) groups excluding carboxylic acids is 3. The lowest BCUT2D eigenvalue weighted by Gasteiger charge is -2.44. The van der Waals surface area contributed by atoms with Crippen LogP contribution in [0.3, 0.4) is 0 Å².